The van der Waals surface area contributed by atoms with Gasteiger partial charge >= 0.3 is 0 Å². The van der Waals surface area contributed by atoms with E-state index in [9.17, 15) is 0 Å². The lowest BCUT2D eigenvalue weighted by Crippen LogP contribution is -2.23. The highest BCUT2D eigenvalue weighted by molar-refractivity contribution is 7.10. The van der Waals surface area contributed by atoms with Crippen molar-refractivity contribution < 1.29 is 4.74 Å². The van der Waals surface area contributed by atoms with E-state index in [4.69, 9.17) is 4.74 Å². The molecule has 1 aromatic rings. The first-order chi connectivity index (χ1) is 7.67. The Balaban J connectivity index is 2.60. The summed E-state index contributed by atoms with van der Waals surface area (Å²) in [6.45, 7) is 8.42. The van der Waals surface area contributed by atoms with E-state index < -0.39 is 0 Å². The van der Waals surface area contributed by atoms with E-state index in [0.29, 0.717) is 12.0 Å². The molecule has 92 valence electrons. The summed E-state index contributed by atoms with van der Waals surface area (Å²) in [7, 11) is 1.77. The second-order valence-electron chi connectivity index (χ2n) is 4.40. The summed E-state index contributed by atoms with van der Waals surface area (Å²) in [6, 6.07) is 2.76. The predicted molar refractivity (Wildman–Crippen MR) is 71.1 cm³/mol. The largest absolute Gasteiger partial charge is 0.384 e. The maximum absolute atomic E-state index is 5.20. The molecule has 2 nitrogen and oxygen atoms in total. The minimum atomic E-state index is 0.472. The molecule has 0 aliphatic heterocycles. The molecule has 2 atom stereocenters. The number of aryl methyl sites for hydroxylation is 1. The van der Waals surface area contributed by atoms with Gasteiger partial charge in [0.25, 0.3) is 0 Å². The van der Waals surface area contributed by atoms with Crippen LogP contribution in [0.25, 0.3) is 0 Å². The standard InChI is InChI=1S/C13H23NOS/c1-5-14-13(6-10(2)8-15-4)12-7-11(3)16-9-12/h7,9-10,13-14H,5-6,8H2,1-4H3. The smallest absolute Gasteiger partial charge is 0.0488 e. The first kappa shape index (κ1) is 13.7. The summed E-state index contributed by atoms with van der Waals surface area (Å²) in [6.07, 6.45) is 1.14. The van der Waals surface area contributed by atoms with Crippen LogP contribution in [0.5, 0.6) is 0 Å². The Morgan fingerprint density at radius 2 is 2.25 bits per heavy atom. The van der Waals surface area contributed by atoms with E-state index in [1.54, 1.807) is 7.11 Å². The first-order valence-electron chi connectivity index (χ1n) is 5.94. The van der Waals surface area contributed by atoms with E-state index in [1.807, 2.05) is 11.3 Å². The third-order valence-electron chi connectivity index (χ3n) is 2.69. The Kier molecular flexibility index (Phi) is 6.03. The second-order valence-corrected chi connectivity index (χ2v) is 5.51. The van der Waals surface area contributed by atoms with Gasteiger partial charge in [-0.05, 0) is 42.8 Å². The molecule has 0 aliphatic rings. The van der Waals surface area contributed by atoms with Gasteiger partial charge in [0.15, 0.2) is 0 Å². The Labute approximate surface area is 103 Å². The maximum Gasteiger partial charge on any atom is 0.0488 e. The molecule has 0 radical (unpaired) electrons. The first-order valence-corrected chi connectivity index (χ1v) is 6.82. The van der Waals surface area contributed by atoms with Crippen LogP contribution in [0.2, 0.25) is 0 Å². The molecule has 0 aromatic carbocycles. The van der Waals surface area contributed by atoms with Crippen LogP contribution in [-0.2, 0) is 4.74 Å². The highest BCUT2D eigenvalue weighted by atomic mass is 32.1. The van der Waals surface area contributed by atoms with Gasteiger partial charge in [-0.15, -0.1) is 11.3 Å². The van der Waals surface area contributed by atoms with Crippen LogP contribution < -0.4 is 5.32 Å². The van der Waals surface area contributed by atoms with Crippen molar-refractivity contribution in [2.24, 2.45) is 5.92 Å². The van der Waals surface area contributed by atoms with Crippen LogP contribution in [0.15, 0.2) is 11.4 Å². The average molecular weight is 241 g/mol. The maximum atomic E-state index is 5.20. The topological polar surface area (TPSA) is 21.3 Å². The number of thiophene rings is 1. The summed E-state index contributed by atoms with van der Waals surface area (Å²) in [5.74, 6) is 0.592. The van der Waals surface area contributed by atoms with E-state index >= 15 is 0 Å². The monoisotopic (exact) mass is 241 g/mol. The summed E-state index contributed by atoms with van der Waals surface area (Å²) in [4.78, 5) is 1.39. The number of hydrogen-bond acceptors (Lipinski definition) is 3. The minimum Gasteiger partial charge on any atom is -0.384 e. The van der Waals surface area contributed by atoms with Gasteiger partial charge in [-0.25, -0.2) is 0 Å². The van der Waals surface area contributed by atoms with Crippen LogP contribution >= 0.6 is 11.3 Å². The third-order valence-corrected chi connectivity index (χ3v) is 3.57. The van der Waals surface area contributed by atoms with Gasteiger partial charge in [-0.3, -0.25) is 0 Å². The van der Waals surface area contributed by atoms with Crippen molar-refractivity contribution in [1.82, 2.24) is 5.32 Å². The van der Waals surface area contributed by atoms with Crippen LogP contribution in [-0.4, -0.2) is 20.3 Å². The van der Waals surface area contributed by atoms with Crippen molar-refractivity contribution in [3.63, 3.8) is 0 Å². The molecule has 0 bridgehead atoms. The number of rotatable bonds is 7. The molecule has 0 spiro atoms. The molecule has 0 amide bonds. The molecule has 1 heterocycles. The van der Waals surface area contributed by atoms with Gasteiger partial charge in [-0.2, -0.15) is 0 Å². The molecule has 1 rings (SSSR count). The van der Waals surface area contributed by atoms with Gasteiger partial charge < -0.3 is 10.1 Å². The molecule has 0 saturated carbocycles. The summed E-state index contributed by atoms with van der Waals surface area (Å²) < 4.78 is 5.20. The predicted octanol–water partition coefficient (Wildman–Crippen LogP) is 3.38. The molecule has 0 saturated heterocycles. The Bertz CT molecular complexity index is 298. The number of methoxy groups -OCH3 is 1. The molecule has 3 heteroatoms. The lowest BCUT2D eigenvalue weighted by molar-refractivity contribution is 0.149. The van der Waals surface area contributed by atoms with E-state index in [-0.39, 0.29) is 0 Å². The van der Waals surface area contributed by atoms with Crippen molar-refractivity contribution in [1.29, 1.82) is 0 Å². The average Bonchev–Trinajstić information content (AvgIpc) is 2.64. The molecule has 2 unspecified atom stereocenters. The van der Waals surface area contributed by atoms with Gasteiger partial charge in [0.1, 0.15) is 0 Å². The lowest BCUT2D eigenvalue weighted by Gasteiger charge is -2.20. The SMILES string of the molecule is CCNC(CC(C)COC)c1csc(C)c1. The molecular weight excluding hydrogens is 218 g/mol. The summed E-state index contributed by atoms with van der Waals surface area (Å²) in [5.41, 5.74) is 1.42. The van der Waals surface area contributed by atoms with E-state index in [1.165, 1.54) is 10.4 Å². The molecule has 0 fully saturated rings. The molecule has 1 aromatic heterocycles. The Hall–Kier alpha value is -0.380. The normalized spacial score (nSPS) is 15.0. The summed E-state index contributed by atoms with van der Waals surface area (Å²) in [5, 5.41) is 5.82. The van der Waals surface area contributed by atoms with Gasteiger partial charge in [0.2, 0.25) is 0 Å². The van der Waals surface area contributed by atoms with Crippen molar-refractivity contribution >= 4 is 11.3 Å². The molecular formula is C13H23NOS. The van der Waals surface area contributed by atoms with E-state index in [0.717, 1.165) is 19.6 Å². The lowest BCUT2D eigenvalue weighted by atomic mass is 9.98. The molecule has 16 heavy (non-hydrogen) atoms. The van der Waals surface area contributed by atoms with Crippen LogP contribution in [0.4, 0.5) is 0 Å². The Morgan fingerprint density at radius 1 is 1.50 bits per heavy atom. The van der Waals surface area contributed by atoms with Crippen molar-refractivity contribution in [3.8, 4) is 0 Å². The van der Waals surface area contributed by atoms with Crippen molar-refractivity contribution in [2.45, 2.75) is 33.2 Å². The van der Waals surface area contributed by atoms with Crippen LogP contribution in [0.3, 0.4) is 0 Å². The summed E-state index contributed by atoms with van der Waals surface area (Å²) >= 11 is 1.83. The fourth-order valence-corrected chi connectivity index (χ4v) is 2.74. The second kappa shape index (κ2) is 7.05. The quantitative estimate of drug-likeness (QED) is 0.790. The minimum absolute atomic E-state index is 0.472. The fourth-order valence-electron chi connectivity index (χ4n) is 1.99. The highest BCUT2D eigenvalue weighted by Gasteiger charge is 2.15. The highest BCUT2D eigenvalue weighted by Crippen LogP contribution is 2.25. The van der Waals surface area contributed by atoms with Gasteiger partial charge in [-0.1, -0.05) is 13.8 Å². The van der Waals surface area contributed by atoms with E-state index in [2.05, 4.69) is 37.5 Å². The zero-order valence-electron chi connectivity index (χ0n) is 10.7. The van der Waals surface area contributed by atoms with Crippen molar-refractivity contribution in [3.05, 3.63) is 21.9 Å². The zero-order chi connectivity index (χ0) is 12.0. The van der Waals surface area contributed by atoms with Gasteiger partial charge in [0, 0.05) is 24.6 Å². The Morgan fingerprint density at radius 3 is 2.75 bits per heavy atom. The van der Waals surface area contributed by atoms with Crippen LogP contribution in [0, 0.1) is 12.8 Å². The zero-order valence-corrected chi connectivity index (χ0v) is 11.6. The fraction of sp³-hybridized carbons (Fsp3) is 0.692. The van der Waals surface area contributed by atoms with Crippen molar-refractivity contribution in [2.75, 3.05) is 20.3 Å². The number of hydrogen-bond donors (Lipinski definition) is 1. The molecule has 1 N–H and O–H groups in total. The van der Waals surface area contributed by atoms with Gasteiger partial charge in [0.05, 0.1) is 0 Å². The number of nitrogens with one attached hydrogen (secondary N) is 1. The number of ether oxygens (including phenoxy) is 1. The third kappa shape index (κ3) is 4.24. The van der Waals surface area contributed by atoms with Crippen LogP contribution in [0.1, 0.15) is 36.8 Å². The molecule has 0 aliphatic carbocycles.